The Hall–Kier alpha value is -2.80. The van der Waals surface area contributed by atoms with Crippen molar-refractivity contribution in [2.75, 3.05) is 12.4 Å². The Morgan fingerprint density at radius 3 is 2.64 bits per heavy atom. The first-order valence-corrected chi connectivity index (χ1v) is 9.51. The number of rotatable bonds is 7. The highest BCUT2D eigenvalue weighted by atomic mass is 35.5. The van der Waals surface area contributed by atoms with Crippen molar-refractivity contribution in [3.05, 3.63) is 62.7 Å². The average Bonchev–Trinajstić information content (AvgIpc) is 3.20. The van der Waals surface area contributed by atoms with E-state index in [1.54, 1.807) is 31.4 Å². The SMILES string of the molecule is COc1ccc(CNC(=O)c2cc([N+](=O)[O-])ccc2NC2CCCC2)c(Cl)c1. The van der Waals surface area contributed by atoms with Gasteiger partial charge in [0.2, 0.25) is 0 Å². The van der Waals surface area contributed by atoms with E-state index in [9.17, 15) is 14.9 Å². The fraction of sp³-hybridized carbons (Fsp3) is 0.350. The molecule has 1 aliphatic carbocycles. The molecule has 0 atom stereocenters. The largest absolute Gasteiger partial charge is 0.497 e. The summed E-state index contributed by atoms with van der Waals surface area (Å²) in [5.74, 6) is 0.234. The van der Waals surface area contributed by atoms with E-state index in [-0.39, 0.29) is 23.8 Å². The minimum Gasteiger partial charge on any atom is -0.497 e. The van der Waals surface area contributed by atoms with Crippen LogP contribution in [-0.2, 0) is 6.54 Å². The molecule has 1 amide bonds. The van der Waals surface area contributed by atoms with Crippen molar-refractivity contribution in [3.8, 4) is 5.75 Å². The van der Waals surface area contributed by atoms with Crippen LogP contribution in [-0.4, -0.2) is 24.0 Å². The highest BCUT2D eigenvalue weighted by Gasteiger charge is 2.21. The molecule has 0 unspecified atom stereocenters. The van der Waals surface area contributed by atoms with Crippen LogP contribution >= 0.6 is 11.6 Å². The maximum Gasteiger partial charge on any atom is 0.270 e. The molecule has 148 valence electrons. The number of nitro benzene ring substituents is 1. The smallest absolute Gasteiger partial charge is 0.270 e. The number of non-ortho nitro benzene ring substituents is 1. The Morgan fingerprint density at radius 1 is 1.25 bits per heavy atom. The molecule has 0 heterocycles. The third-order valence-corrected chi connectivity index (χ3v) is 5.22. The highest BCUT2D eigenvalue weighted by Crippen LogP contribution is 2.28. The van der Waals surface area contributed by atoms with Crippen LogP contribution in [0.1, 0.15) is 41.6 Å². The second-order valence-corrected chi connectivity index (χ2v) is 7.16. The zero-order chi connectivity index (χ0) is 20.1. The summed E-state index contributed by atoms with van der Waals surface area (Å²) in [6.07, 6.45) is 4.34. The molecule has 2 aromatic rings. The molecule has 28 heavy (non-hydrogen) atoms. The monoisotopic (exact) mass is 403 g/mol. The molecule has 2 N–H and O–H groups in total. The zero-order valence-electron chi connectivity index (χ0n) is 15.5. The summed E-state index contributed by atoms with van der Waals surface area (Å²) >= 11 is 6.22. The van der Waals surface area contributed by atoms with Gasteiger partial charge >= 0.3 is 0 Å². The first-order chi connectivity index (χ1) is 13.5. The summed E-state index contributed by atoms with van der Waals surface area (Å²) in [5, 5.41) is 17.8. The number of benzene rings is 2. The van der Waals surface area contributed by atoms with Crippen LogP contribution < -0.4 is 15.4 Å². The molecule has 0 radical (unpaired) electrons. The first kappa shape index (κ1) is 19.9. The zero-order valence-corrected chi connectivity index (χ0v) is 16.3. The number of nitrogens with zero attached hydrogens (tertiary/aromatic N) is 1. The number of carbonyl (C=O) groups excluding carboxylic acids is 1. The fourth-order valence-electron chi connectivity index (χ4n) is 3.32. The molecule has 7 nitrogen and oxygen atoms in total. The van der Waals surface area contributed by atoms with Gasteiger partial charge in [0.25, 0.3) is 11.6 Å². The molecule has 0 aliphatic heterocycles. The topological polar surface area (TPSA) is 93.5 Å². The number of halogens is 1. The first-order valence-electron chi connectivity index (χ1n) is 9.13. The molecule has 3 rings (SSSR count). The van der Waals surface area contributed by atoms with E-state index in [0.29, 0.717) is 16.5 Å². The van der Waals surface area contributed by atoms with Crippen molar-refractivity contribution in [3.63, 3.8) is 0 Å². The molecule has 2 aromatic carbocycles. The van der Waals surface area contributed by atoms with Crippen molar-refractivity contribution in [1.29, 1.82) is 0 Å². The normalized spacial score (nSPS) is 13.9. The van der Waals surface area contributed by atoms with Gasteiger partial charge in [0.1, 0.15) is 5.75 Å². The number of hydrogen-bond donors (Lipinski definition) is 2. The number of hydrogen-bond acceptors (Lipinski definition) is 5. The van der Waals surface area contributed by atoms with Crippen molar-refractivity contribution in [1.82, 2.24) is 5.32 Å². The lowest BCUT2D eigenvalue weighted by Crippen LogP contribution is -2.25. The van der Waals surface area contributed by atoms with Gasteiger partial charge in [-0.3, -0.25) is 14.9 Å². The maximum atomic E-state index is 12.8. The summed E-state index contributed by atoms with van der Waals surface area (Å²) in [6.45, 7) is 0.202. The summed E-state index contributed by atoms with van der Waals surface area (Å²) in [4.78, 5) is 23.4. The van der Waals surface area contributed by atoms with Crippen LogP contribution in [0.15, 0.2) is 36.4 Å². The Labute approximate surface area is 168 Å². The van der Waals surface area contributed by atoms with Crippen LogP contribution in [0, 0.1) is 10.1 Å². The van der Waals surface area contributed by atoms with Crippen molar-refractivity contribution < 1.29 is 14.5 Å². The maximum absolute atomic E-state index is 12.8. The lowest BCUT2D eigenvalue weighted by Gasteiger charge is -2.17. The third-order valence-electron chi connectivity index (χ3n) is 4.87. The van der Waals surface area contributed by atoms with E-state index in [0.717, 1.165) is 31.2 Å². The Bertz CT molecular complexity index is 882. The van der Waals surface area contributed by atoms with Crippen LogP contribution in [0.25, 0.3) is 0 Å². The summed E-state index contributed by atoms with van der Waals surface area (Å²) in [5.41, 5.74) is 1.47. The minimum absolute atomic E-state index is 0.121. The van der Waals surface area contributed by atoms with E-state index in [2.05, 4.69) is 10.6 Å². The van der Waals surface area contributed by atoms with Crippen LogP contribution in [0.5, 0.6) is 5.75 Å². The Kier molecular flexibility index (Phi) is 6.36. The summed E-state index contributed by atoms with van der Waals surface area (Å²) in [6, 6.07) is 9.80. The number of amides is 1. The van der Waals surface area contributed by atoms with Gasteiger partial charge in [-0.15, -0.1) is 0 Å². The van der Waals surface area contributed by atoms with E-state index in [1.165, 1.54) is 12.1 Å². The van der Waals surface area contributed by atoms with Crippen molar-refractivity contribution >= 4 is 28.9 Å². The molecule has 8 heteroatoms. The molecule has 0 bridgehead atoms. The molecule has 1 saturated carbocycles. The van der Waals surface area contributed by atoms with Crippen molar-refractivity contribution in [2.45, 2.75) is 38.3 Å². The van der Waals surface area contributed by atoms with E-state index < -0.39 is 10.8 Å². The molecule has 1 fully saturated rings. The van der Waals surface area contributed by atoms with E-state index >= 15 is 0 Å². The van der Waals surface area contributed by atoms with Gasteiger partial charge in [-0.25, -0.2) is 0 Å². The predicted molar refractivity (Wildman–Crippen MR) is 108 cm³/mol. The molecule has 0 spiro atoms. The average molecular weight is 404 g/mol. The Balaban J connectivity index is 1.78. The number of nitrogens with one attached hydrogen (secondary N) is 2. The second-order valence-electron chi connectivity index (χ2n) is 6.75. The molecular weight excluding hydrogens is 382 g/mol. The molecule has 0 saturated heterocycles. The standard InChI is InChI=1S/C20H22ClN3O4/c1-28-16-8-6-13(18(21)11-16)12-22-20(25)17-10-15(24(26)27)7-9-19(17)23-14-4-2-3-5-14/h6-11,14,23H,2-5,12H2,1H3,(H,22,25). The van der Waals surface area contributed by atoms with Gasteiger partial charge in [0.05, 0.1) is 17.6 Å². The van der Waals surface area contributed by atoms with E-state index in [4.69, 9.17) is 16.3 Å². The number of anilines is 1. The number of ether oxygens (including phenoxy) is 1. The second kappa shape index (κ2) is 8.93. The number of nitro groups is 1. The lowest BCUT2D eigenvalue weighted by atomic mass is 10.1. The summed E-state index contributed by atoms with van der Waals surface area (Å²) in [7, 11) is 1.55. The minimum atomic E-state index is -0.504. The van der Waals surface area contributed by atoms with Gasteiger partial charge in [-0.05, 0) is 36.6 Å². The lowest BCUT2D eigenvalue weighted by molar-refractivity contribution is -0.384. The van der Waals surface area contributed by atoms with Crippen LogP contribution in [0.4, 0.5) is 11.4 Å². The van der Waals surface area contributed by atoms with Gasteiger partial charge in [-0.1, -0.05) is 30.5 Å². The number of carbonyl (C=O) groups is 1. The number of methoxy groups -OCH3 is 1. The Morgan fingerprint density at radius 2 is 2.00 bits per heavy atom. The molecular formula is C20H22ClN3O4. The summed E-state index contributed by atoms with van der Waals surface area (Å²) < 4.78 is 5.12. The fourth-order valence-corrected chi connectivity index (χ4v) is 3.56. The quantitative estimate of drug-likeness (QED) is 0.522. The predicted octanol–water partition coefficient (Wildman–Crippen LogP) is 4.54. The highest BCUT2D eigenvalue weighted by molar-refractivity contribution is 6.31. The van der Waals surface area contributed by atoms with Crippen LogP contribution in [0.3, 0.4) is 0 Å². The van der Waals surface area contributed by atoms with Gasteiger partial charge in [0.15, 0.2) is 0 Å². The van der Waals surface area contributed by atoms with Crippen LogP contribution in [0.2, 0.25) is 5.02 Å². The van der Waals surface area contributed by atoms with E-state index in [1.807, 2.05) is 0 Å². The third kappa shape index (κ3) is 4.72. The molecule has 0 aromatic heterocycles. The van der Waals surface area contributed by atoms with Gasteiger partial charge < -0.3 is 15.4 Å². The van der Waals surface area contributed by atoms with Gasteiger partial charge in [-0.2, -0.15) is 0 Å². The van der Waals surface area contributed by atoms with Crippen molar-refractivity contribution in [2.24, 2.45) is 0 Å². The van der Waals surface area contributed by atoms with Gasteiger partial charge in [0, 0.05) is 35.4 Å². The molecule has 1 aliphatic rings.